The standard InChI is InChI=1S/C26H35N3O3/c1-20-17-22(19-25(30)27-20)26(31)29-14-5-4-13-28-12-3-2-8-23(28)11-10-21-7-6-9-24(18-21)32-16-15-29/h6-7,9,17-19,23H,2-5,8,10-16H2,1H3,(H,27,30). The Balaban J connectivity index is 1.51. The van der Waals surface area contributed by atoms with E-state index in [1.54, 1.807) is 13.0 Å². The van der Waals surface area contributed by atoms with Gasteiger partial charge in [-0.15, -0.1) is 0 Å². The van der Waals surface area contributed by atoms with Crippen LogP contribution >= 0.6 is 0 Å². The number of aromatic amines is 1. The van der Waals surface area contributed by atoms with E-state index < -0.39 is 0 Å². The van der Waals surface area contributed by atoms with Gasteiger partial charge < -0.3 is 19.5 Å². The highest BCUT2D eigenvalue weighted by atomic mass is 16.5. The third-order valence-corrected chi connectivity index (χ3v) is 6.68. The van der Waals surface area contributed by atoms with Crippen molar-refractivity contribution in [3.63, 3.8) is 0 Å². The number of benzene rings is 1. The van der Waals surface area contributed by atoms with Crippen molar-refractivity contribution in [2.75, 3.05) is 32.8 Å². The molecule has 1 aromatic heterocycles. The molecule has 0 saturated carbocycles. The second kappa shape index (κ2) is 10.8. The predicted molar refractivity (Wildman–Crippen MR) is 126 cm³/mol. The van der Waals surface area contributed by atoms with Gasteiger partial charge in [0.2, 0.25) is 5.56 Å². The number of carbonyl (C=O) groups excluding carboxylic acids is 1. The lowest BCUT2D eigenvalue weighted by atomic mass is 9.95. The third-order valence-electron chi connectivity index (χ3n) is 6.68. The number of nitrogens with zero attached hydrogens (tertiary/aromatic N) is 2. The van der Waals surface area contributed by atoms with Crippen LogP contribution in [0.25, 0.3) is 0 Å². The van der Waals surface area contributed by atoms with Gasteiger partial charge >= 0.3 is 0 Å². The quantitative estimate of drug-likeness (QED) is 0.737. The second-order valence-corrected chi connectivity index (χ2v) is 9.14. The zero-order chi connectivity index (χ0) is 22.3. The monoisotopic (exact) mass is 437 g/mol. The van der Waals surface area contributed by atoms with Crippen LogP contribution in [-0.4, -0.2) is 59.5 Å². The van der Waals surface area contributed by atoms with Crippen molar-refractivity contribution in [2.45, 2.75) is 57.9 Å². The molecule has 2 aliphatic heterocycles. The van der Waals surface area contributed by atoms with Crippen molar-refractivity contribution >= 4 is 5.91 Å². The van der Waals surface area contributed by atoms with Gasteiger partial charge in [0.1, 0.15) is 12.4 Å². The molecule has 1 amide bonds. The number of pyridine rings is 1. The zero-order valence-corrected chi connectivity index (χ0v) is 19.1. The summed E-state index contributed by atoms with van der Waals surface area (Å²) in [6.07, 6.45) is 8.17. The van der Waals surface area contributed by atoms with Crippen LogP contribution in [0.3, 0.4) is 0 Å². The number of aryl methyl sites for hydroxylation is 2. The van der Waals surface area contributed by atoms with Crippen molar-refractivity contribution < 1.29 is 9.53 Å². The lowest BCUT2D eigenvalue weighted by molar-refractivity contribution is 0.0721. The number of aromatic nitrogens is 1. The van der Waals surface area contributed by atoms with Crippen LogP contribution in [0.1, 0.15) is 60.1 Å². The summed E-state index contributed by atoms with van der Waals surface area (Å²) in [4.78, 5) is 32.3. The van der Waals surface area contributed by atoms with Crippen LogP contribution in [-0.2, 0) is 6.42 Å². The molecule has 1 unspecified atom stereocenters. The number of rotatable bonds is 1. The molecule has 6 heteroatoms. The Morgan fingerprint density at radius 1 is 1.00 bits per heavy atom. The normalized spacial score (nSPS) is 21.0. The molecule has 1 aromatic carbocycles. The number of fused-ring (bicyclic) bond motifs is 3. The van der Waals surface area contributed by atoms with E-state index >= 15 is 0 Å². The van der Waals surface area contributed by atoms with E-state index in [1.807, 2.05) is 11.0 Å². The first-order valence-electron chi connectivity index (χ1n) is 12.0. The summed E-state index contributed by atoms with van der Waals surface area (Å²) in [5.41, 5.74) is 2.22. The molecule has 32 heavy (non-hydrogen) atoms. The third kappa shape index (κ3) is 6.00. The SMILES string of the molecule is Cc1cc(C(=O)N2CCCCN3CCCCC3CCc3cccc(c3)OCC2)cc(=O)[nH]1. The maximum atomic E-state index is 13.2. The Bertz CT molecular complexity index is 971. The molecule has 0 radical (unpaired) electrons. The van der Waals surface area contributed by atoms with Gasteiger partial charge in [0, 0.05) is 29.9 Å². The van der Waals surface area contributed by atoms with Crippen LogP contribution in [0.15, 0.2) is 41.2 Å². The topological polar surface area (TPSA) is 65.6 Å². The zero-order valence-electron chi connectivity index (χ0n) is 19.1. The van der Waals surface area contributed by atoms with Crippen molar-refractivity contribution in [3.05, 3.63) is 63.6 Å². The van der Waals surface area contributed by atoms with Gasteiger partial charge in [-0.25, -0.2) is 0 Å². The number of carbonyl (C=O) groups is 1. The molecule has 6 nitrogen and oxygen atoms in total. The van der Waals surface area contributed by atoms with Crippen LogP contribution in [0.2, 0.25) is 0 Å². The van der Waals surface area contributed by atoms with Crippen LogP contribution in [0, 0.1) is 6.92 Å². The fourth-order valence-electron chi connectivity index (χ4n) is 5.00. The van der Waals surface area contributed by atoms with E-state index in [9.17, 15) is 9.59 Å². The van der Waals surface area contributed by atoms with Crippen LogP contribution < -0.4 is 10.3 Å². The van der Waals surface area contributed by atoms with E-state index in [1.165, 1.54) is 43.9 Å². The summed E-state index contributed by atoms with van der Waals surface area (Å²) in [5.74, 6) is 0.758. The summed E-state index contributed by atoms with van der Waals surface area (Å²) >= 11 is 0. The van der Waals surface area contributed by atoms with Gasteiger partial charge in [0.15, 0.2) is 0 Å². The molecular weight excluding hydrogens is 402 g/mol. The van der Waals surface area contributed by atoms with Crippen molar-refractivity contribution in [1.29, 1.82) is 0 Å². The van der Waals surface area contributed by atoms with Gasteiger partial charge in [0.25, 0.3) is 5.91 Å². The fraction of sp³-hybridized carbons (Fsp3) is 0.538. The van der Waals surface area contributed by atoms with Gasteiger partial charge in [-0.3, -0.25) is 9.59 Å². The van der Waals surface area contributed by atoms with Crippen molar-refractivity contribution in [2.24, 2.45) is 0 Å². The molecule has 1 N–H and O–H groups in total. The summed E-state index contributed by atoms with van der Waals surface area (Å²) in [7, 11) is 0. The predicted octanol–water partition coefficient (Wildman–Crippen LogP) is 3.79. The number of nitrogens with one attached hydrogen (secondary N) is 1. The van der Waals surface area contributed by atoms with E-state index in [0.29, 0.717) is 37.0 Å². The number of hydrogen-bond donors (Lipinski definition) is 1. The lowest BCUT2D eigenvalue weighted by Crippen LogP contribution is -2.41. The maximum Gasteiger partial charge on any atom is 0.254 e. The average Bonchev–Trinajstić information content (AvgIpc) is 2.79. The summed E-state index contributed by atoms with van der Waals surface area (Å²) in [6, 6.07) is 12.2. The Labute approximate surface area is 190 Å². The molecular formula is C26H35N3O3. The Morgan fingerprint density at radius 3 is 2.66 bits per heavy atom. The molecule has 3 heterocycles. The maximum absolute atomic E-state index is 13.2. The highest BCUT2D eigenvalue weighted by Gasteiger charge is 2.22. The van der Waals surface area contributed by atoms with Gasteiger partial charge in [-0.2, -0.15) is 0 Å². The number of hydrogen-bond acceptors (Lipinski definition) is 4. The first-order chi connectivity index (χ1) is 15.6. The first-order valence-corrected chi connectivity index (χ1v) is 12.0. The van der Waals surface area contributed by atoms with Crippen LogP contribution in [0.4, 0.5) is 0 Å². The molecule has 172 valence electrons. The van der Waals surface area contributed by atoms with Crippen LogP contribution in [0.5, 0.6) is 5.75 Å². The average molecular weight is 438 g/mol. The minimum atomic E-state index is -0.240. The van der Waals surface area contributed by atoms with Crippen molar-refractivity contribution in [1.82, 2.24) is 14.8 Å². The van der Waals surface area contributed by atoms with E-state index in [4.69, 9.17) is 4.74 Å². The van der Waals surface area contributed by atoms with E-state index in [-0.39, 0.29) is 11.5 Å². The molecule has 2 aliphatic rings. The molecule has 2 bridgehead atoms. The minimum Gasteiger partial charge on any atom is -0.492 e. The fourth-order valence-corrected chi connectivity index (χ4v) is 5.00. The van der Waals surface area contributed by atoms with Gasteiger partial charge in [0.05, 0.1) is 6.54 Å². The smallest absolute Gasteiger partial charge is 0.254 e. The number of piperidine rings is 1. The lowest BCUT2D eigenvalue weighted by Gasteiger charge is -2.36. The Morgan fingerprint density at radius 2 is 1.81 bits per heavy atom. The molecule has 1 atom stereocenters. The van der Waals surface area contributed by atoms with Crippen molar-refractivity contribution in [3.8, 4) is 5.75 Å². The number of ether oxygens (including phenoxy) is 1. The Kier molecular flexibility index (Phi) is 7.63. The summed E-state index contributed by atoms with van der Waals surface area (Å²) in [5, 5.41) is 0. The second-order valence-electron chi connectivity index (χ2n) is 9.14. The minimum absolute atomic E-state index is 0.100. The largest absolute Gasteiger partial charge is 0.492 e. The Hall–Kier alpha value is -2.60. The molecule has 4 rings (SSSR count). The highest BCUT2D eigenvalue weighted by molar-refractivity contribution is 5.94. The van der Waals surface area contributed by atoms with Gasteiger partial charge in [-0.1, -0.05) is 18.6 Å². The molecule has 1 fully saturated rings. The molecule has 0 spiro atoms. The summed E-state index contributed by atoms with van der Waals surface area (Å²) < 4.78 is 6.02. The van der Waals surface area contributed by atoms with E-state index in [0.717, 1.165) is 31.6 Å². The molecule has 0 aliphatic carbocycles. The number of amides is 1. The molecule has 2 aromatic rings. The first kappa shape index (κ1) is 22.6. The number of H-pyrrole nitrogens is 1. The highest BCUT2D eigenvalue weighted by Crippen LogP contribution is 2.23. The molecule has 1 saturated heterocycles. The van der Waals surface area contributed by atoms with Gasteiger partial charge in [-0.05, 0) is 82.3 Å². The summed E-state index contributed by atoms with van der Waals surface area (Å²) in [6.45, 7) is 5.69. The van der Waals surface area contributed by atoms with E-state index in [2.05, 4.69) is 28.1 Å².